The van der Waals surface area contributed by atoms with Gasteiger partial charge >= 0.3 is 0 Å². The largest absolute Gasteiger partial charge is 0.494 e. The number of hydrogen-bond acceptors (Lipinski definition) is 3. The van der Waals surface area contributed by atoms with E-state index in [1.807, 2.05) is 47.4 Å². The number of nitrogens with zero attached hydrogens (tertiary/aromatic N) is 1. The Kier molecular flexibility index (Phi) is 5.55. The van der Waals surface area contributed by atoms with Crippen LogP contribution in [0.5, 0.6) is 5.75 Å². The molecule has 5 nitrogen and oxygen atoms in total. The van der Waals surface area contributed by atoms with Gasteiger partial charge in [-0.3, -0.25) is 4.79 Å². The number of aromatic amines is 1. The van der Waals surface area contributed by atoms with Crippen molar-refractivity contribution in [3.63, 3.8) is 0 Å². The van der Waals surface area contributed by atoms with Gasteiger partial charge < -0.3 is 19.7 Å². The molecule has 2 N–H and O–H groups in total. The van der Waals surface area contributed by atoms with Gasteiger partial charge in [-0.25, -0.2) is 0 Å². The Bertz CT molecular complexity index is 968. The van der Waals surface area contributed by atoms with Crippen LogP contribution in [0.1, 0.15) is 35.7 Å². The summed E-state index contributed by atoms with van der Waals surface area (Å²) in [5.74, 6) is 0.791. The molecule has 3 aromatic rings. The molecule has 0 unspecified atom stereocenters. The van der Waals surface area contributed by atoms with Gasteiger partial charge in [0.25, 0.3) is 0 Å². The normalized spacial score (nSPS) is 16.2. The van der Waals surface area contributed by atoms with Gasteiger partial charge in [-0.1, -0.05) is 23.7 Å². The highest BCUT2D eigenvalue weighted by Crippen LogP contribution is 2.38. The lowest BCUT2D eigenvalue weighted by Gasteiger charge is -2.33. The predicted octanol–water partition coefficient (Wildman–Crippen LogP) is 4.08. The van der Waals surface area contributed by atoms with Gasteiger partial charge in [-0.15, -0.1) is 0 Å². The lowest BCUT2D eigenvalue weighted by Crippen LogP contribution is -2.34. The van der Waals surface area contributed by atoms with Crippen LogP contribution in [-0.4, -0.2) is 41.2 Å². The smallest absolute Gasteiger partial charge is 0.210 e. The number of ether oxygens (including phenoxy) is 1. The van der Waals surface area contributed by atoms with Crippen molar-refractivity contribution in [2.45, 2.75) is 25.3 Å². The van der Waals surface area contributed by atoms with E-state index in [4.69, 9.17) is 21.4 Å². The number of halogens is 1. The molecule has 0 saturated heterocycles. The molecule has 1 atom stereocenters. The van der Waals surface area contributed by atoms with Crippen molar-refractivity contribution >= 4 is 28.9 Å². The second kappa shape index (κ2) is 8.25. The summed E-state index contributed by atoms with van der Waals surface area (Å²) in [7, 11) is 0. The first-order valence-electron chi connectivity index (χ1n) is 9.56. The molecule has 0 bridgehead atoms. The summed E-state index contributed by atoms with van der Waals surface area (Å²) in [6.45, 7) is 1.43. The molecule has 2 heterocycles. The van der Waals surface area contributed by atoms with Crippen molar-refractivity contribution in [3.8, 4) is 5.75 Å². The number of aromatic nitrogens is 1. The summed E-state index contributed by atoms with van der Waals surface area (Å²) in [6.07, 6.45) is 3.28. The molecule has 28 heavy (non-hydrogen) atoms. The zero-order valence-corrected chi connectivity index (χ0v) is 16.3. The van der Waals surface area contributed by atoms with Crippen molar-refractivity contribution in [1.29, 1.82) is 0 Å². The van der Waals surface area contributed by atoms with Crippen LogP contribution in [0.15, 0.2) is 42.5 Å². The molecular formula is C22H23ClN2O3. The summed E-state index contributed by atoms with van der Waals surface area (Å²) in [4.78, 5) is 17.1. The van der Waals surface area contributed by atoms with Crippen molar-refractivity contribution < 1.29 is 14.6 Å². The van der Waals surface area contributed by atoms with E-state index in [9.17, 15) is 4.79 Å². The number of hydrogen-bond donors (Lipinski definition) is 2. The Hall–Kier alpha value is -2.50. The first-order valence-corrected chi connectivity index (χ1v) is 9.93. The molecule has 2 aromatic carbocycles. The SMILES string of the molecule is O=CN1CCc2c([nH]c3ccc(Cl)cc23)[C@@H]1c1ccc(OCCCCO)cc1. The van der Waals surface area contributed by atoms with Gasteiger partial charge in [-0.05, 0) is 60.7 Å². The van der Waals surface area contributed by atoms with Crippen LogP contribution in [0.4, 0.5) is 0 Å². The molecule has 1 aliphatic rings. The maximum atomic E-state index is 11.7. The van der Waals surface area contributed by atoms with Crippen LogP contribution in [0, 0.1) is 0 Å². The lowest BCUT2D eigenvalue weighted by molar-refractivity contribution is -0.120. The number of unbranched alkanes of at least 4 members (excludes halogenated alkanes) is 1. The number of rotatable bonds is 7. The van der Waals surface area contributed by atoms with Crippen LogP contribution in [0.25, 0.3) is 10.9 Å². The zero-order valence-electron chi connectivity index (χ0n) is 15.5. The highest BCUT2D eigenvalue weighted by Gasteiger charge is 2.30. The molecule has 0 aliphatic carbocycles. The summed E-state index contributed by atoms with van der Waals surface area (Å²) >= 11 is 6.20. The number of amides is 1. The fraction of sp³-hybridized carbons (Fsp3) is 0.318. The molecule has 0 saturated carbocycles. The number of nitrogens with one attached hydrogen (secondary N) is 1. The molecule has 0 radical (unpaired) electrons. The third-order valence-corrected chi connectivity index (χ3v) is 5.51. The maximum Gasteiger partial charge on any atom is 0.210 e. The number of aliphatic hydroxyl groups excluding tert-OH is 1. The molecule has 4 rings (SSSR count). The van der Waals surface area contributed by atoms with Gasteiger partial charge in [0.1, 0.15) is 5.75 Å². The Morgan fingerprint density at radius 2 is 2.04 bits per heavy atom. The highest BCUT2D eigenvalue weighted by atomic mass is 35.5. The van der Waals surface area contributed by atoms with Gasteiger partial charge in [0, 0.05) is 34.8 Å². The van der Waals surface area contributed by atoms with E-state index in [1.165, 1.54) is 5.56 Å². The van der Waals surface area contributed by atoms with Crippen LogP contribution in [-0.2, 0) is 11.2 Å². The molecule has 1 aliphatic heterocycles. The number of benzene rings is 2. The maximum absolute atomic E-state index is 11.7. The van der Waals surface area contributed by atoms with E-state index in [2.05, 4.69) is 4.98 Å². The Balaban J connectivity index is 1.64. The standard InChI is InChI=1S/C22H23ClN2O3/c23-16-5-8-20-19(13-16)18-9-10-25(14-27)22(21(18)24-20)15-3-6-17(7-4-15)28-12-2-1-11-26/h3-8,13-14,22,24,26H,1-2,9-12H2/t22-/m0/s1. The van der Waals surface area contributed by atoms with E-state index in [0.29, 0.717) is 18.2 Å². The number of aliphatic hydroxyl groups is 1. The van der Waals surface area contributed by atoms with E-state index < -0.39 is 0 Å². The minimum atomic E-state index is -0.157. The molecule has 1 aromatic heterocycles. The Morgan fingerprint density at radius 1 is 1.21 bits per heavy atom. The first kappa shape index (κ1) is 18.8. The van der Waals surface area contributed by atoms with Gasteiger partial charge in [0.2, 0.25) is 6.41 Å². The number of H-pyrrole nitrogens is 1. The minimum absolute atomic E-state index is 0.157. The minimum Gasteiger partial charge on any atom is -0.494 e. The van der Waals surface area contributed by atoms with E-state index in [1.54, 1.807) is 0 Å². The summed E-state index contributed by atoms with van der Waals surface area (Å²) in [6, 6.07) is 13.6. The number of carbonyl (C=O) groups excluding carboxylic acids is 1. The van der Waals surface area contributed by atoms with Gasteiger partial charge in [-0.2, -0.15) is 0 Å². The van der Waals surface area contributed by atoms with Crippen LogP contribution in [0.3, 0.4) is 0 Å². The molecule has 0 spiro atoms. The second-order valence-electron chi connectivity index (χ2n) is 7.05. The molecular weight excluding hydrogens is 376 g/mol. The molecule has 1 amide bonds. The molecule has 0 fully saturated rings. The average Bonchev–Trinajstić information content (AvgIpc) is 3.09. The van der Waals surface area contributed by atoms with Crippen molar-refractivity contribution in [1.82, 2.24) is 9.88 Å². The van der Waals surface area contributed by atoms with Crippen molar-refractivity contribution in [3.05, 3.63) is 64.3 Å². The quantitative estimate of drug-likeness (QED) is 0.465. The van der Waals surface area contributed by atoms with Crippen molar-refractivity contribution in [2.24, 2.45) is 0 Å². The number of carbonyl (C=O) groups is 1. The lowest BCUT2D eigenvalue weighted by atomic mass is 9.93. The van der Waals surface area contributed by atoms with E-state index >= 15 is 0 Å². The van der Waals surface area contributed by atoms with E-state index in [0.717, 1.165) is 53.6 Å². The van der Waals surface area contributed by atoms with Crippen LogP contribution in [0.2, 0.25) is 5.02 Å². The Morgan fingerprint density at radius 3 is 2.79 bits per heavy atom. The summed E-state index contributed by atoms with van der Waals surface area (Å²) in [5, 5.41) is 10.7. The first-order chi connectivity index (χ1) is 13.7. The predicted molar refractivity (Wildman–Crippen MR) is 110 cm³/mol. The Labute approximate surface area is 168 Å². The van der Waals surface area contributed by atoms with Crippen molar-refractivity contribution in [2.75, 3.05) is 19.8 Å². The monoisotopic (exact) mass is 398 g/mol. The topological polar surface area (TPSA) is 65.6 Å². The van der Waals surface area contributed by atoms with E-state index in [-0.39, 0.29) is 12.6 Å². The summed E-state index contributed by atoms with van der Waals surface area (Å²) < 4.78 is 5.72. The number of fused-ring (bicyclic) bond motifs is 3. The van der Waals surface area contributed by atoms with Crippen LogP contribution < -0.4 is 4.74 Å². The van der Waals surface area contributed by atoms with Crippen LogP contribution >= 0.6 is 11.6 Å². The average molecular weight is 399 g/mol. The second-order valence-corrected chi connectivity index (χ2v) is 7.49. The fourth-order valence-electron chi connectivity index (χ4n) is 3.90. The third-order valence-electron chi connectivity index (χ3n) is 5.28. The van der Waals surface area contributed by atoms with Gasteiger partial charge in [0.05, 0.1) is 12.6 Å². The summed E-state index contributed by atoms with van der Waals surface area (Å²) in [5.41, 5.74) is 4.35. The molecule has 146 valence electrons. The zero-order chi connectivity index (χ0) is 19.5. The third kappa shape index (κ3) is 3.60. The van der Waals surface area contributed by atoms with Gasteiger partial charge in [0.15, 0.2) is 0 Å². The fourth-order valence-corrected chi connectivity index (χ4v) is 4.07. The highest BCUT2D eigenvalue weighted by molar-refractivity contribution is 6.31. The molecule has 6 heteroatoms.